The van der Waals surface area contributed by atoms with Gasteiger partial charge in [-0.25, -0.2) is 0 Å². The number of aromatic nitrogens is 1. The lowest BCUT2D eigenvalue weighted by atomic mass is 9.82. The van der Waals surface area contributed by atoms with E-state index in [0.717, 1.165) is 44.3 Å². The predicted octanol–water partition coefficient (Wildman–Crippen LogP) is 1.19. The molecular formula is C15H25N3O. The zero-order valence-corrected chi connectivity index (χ0v) is 11.8. The van der Waals surface area contributed by atoms with Crippen LogP contribution in [0.25, 0.3) is 0 Å². The van der Waals surface area contributed by atoms with E-state index in [1.54, 1.807) is 0 Å². The van der Waals surface area contributed by atoms with Gasteiger partial charge in [-0.15, -0.1) is 0 Å². The van der Waals surface area contributed by atoms with Gasteiger partial charge in [-0.3, -0.25) is 4.98 Å². The summed E-state index contributed by atoms with van der Waals surface area (Å²) in [6.45, 7) is 1.40. The van der Waals surface area contributed by atoms with Gasteiger partial charge in [0.2, 0.25) is 0 Å². The quantitative estimate of drug-likeness (QED) is 0.837. The average Bonchev–Trinajstić information content (AvgIpc) is 2.47. The van der Waals surface area contributed by atoms with Crippen molar-refractivity contribution in [1.29, 1.82) is 0 Å². The molecule has 1 aromatic rings. The number of likely N-dealkylation sites (N-methyl/N-ethyl adjacent to an activating group) is 1. The number of aliphatic hydroxyl groups is 1. The number of rotatable bonds is 5. The van der Waals surface area contributed by atoms with Gasteiger partial charge >= 0.3 is 0 Å². The second-order valence-corrected chi connectivity index (χ2v) is 5.71. The minimum absolute atomic E-state index is 0.386. The van der Waals surface area contributed by atoms with Gasteiger partial charge in [-0.2, -0.15) is 0 Å². The van der Waals surface area contributed by atoms with Crippen LogP contribution in [-0.4, -0.2) is 46.8 Å². The standard InChI is InChI=1S/C15H25N3O/c1-18(11-7-13-4-2-3-10-17-13)14-5-8-15(19,12-16)9-6-14/h2-4,10,14,19H,5-9,11-12,16H2,1H3. The van der Waals surface area contributed by atoms with E-state index in [2.05, 4.69) is 23.0 Å². The molecule has 1 aliphatic rings. The molecule has 0 atom stereocenters. The van der Waals surface area contributed by atoms with Crippen LogP contribution in [-0.2, 0) is 6.42 Å². The van der Waals surface area contributed by atoms with Crippen LogP contribution in [0.4, 0.5) is 0 Å². The molecule has 0 unspecified atom stereocenters. The minimum atomic E-state index is -0.613. The van der Waals surface area contributed by atoms with Crippen molar-refractivity contribution in [3.8, 4) is 0 Å². The molecule has 4 heteroatoms. The number of hydrogen-bond donors (Lipinski definition) is 2. The van der Waals surface area contributed by atoms with Crippen LogP contribution >= 0.6 is 0 Å². The van der Waals surface area contributed by atoms with Crippen LogP contribution in [0, 0.1) is 0 Å². The first-order valence-electron chi connectivity index (χ1n) is 7.15. The maximum Gasteiger partial charge on any atom is 0.0770 e. The maximum absolute atomic E-state index is 10.1. The minimum Gasteiger partial charge on any atom is -0.389 e. The smallest absolute Gasteiger partial charge is 0.0770 e. The molecule has 0 aliphatic heterocycles. The van der Waals surface area contributed by atoms with Crippen molar-refractivity contribution in [2.24, 2.45) is 5.73 Å². The van der Waals surface area contributed by atoms with Crippen molar-refractivity contribution in [1.82, 2.24) is 9.88 Å². The van der Waals surface area contributed by atoms with Gasteiger partial charge in [0.25, 0.3) is 0 Å². The van der Waals surface area contributed by atoms with Crippen molar-refractivity contribution in [2.45, 2.75) is 43.7 Å². The Bertz CT molecular complexity index is 374. The van der Waals surface area contributed by atoms with E-state index in [-0.39, 0.29) is 0 Å². The van der Waals surface area contributed by atoms with Crippen LogP contribution in [0.5, 0.6) is 0 Å². The number of pyridine rings is 1. The number of nitrogens with zero attached hydrogens (tertiary/aromatic N) is 2. The highest BCUT2D eigenvalue weighted by atomic mass is 16.3. The summed E-state index contributed by atoms with van der Waals surface area (Å²) in [5.41, 5.74) is 6.15. The molecule has 1 aromatic heterocycles. The average molecular weight is 263 g/mol. The fourth-order valence-electron chi connectivity index (χ4n) is 2.80. The summed E-state index contributed by atoms with van der Waals surface area (Å²) in [4.78, 5) is 6.74. The molecule has 1 aliphatic carbocycles. The van der Waals surface area contributed by atoms with Gasteiger partial charge in [-0.1, -0.05) is 6.07 Å². The second-order valence-electron chi connectivity index (χ2n) is 5.71. The third-order valence-electron chi connectivity index (χ3n) is 4.34. The third-order valence-corrected chi connectivity index (χ3v) is 4.34. The van der Waals surface area contributed by atoms with Crippen LogP contribution in [0.1, 0.15) is 31.4 Å². The van der Waals surface area contributed by atoms with E-state index in [0.29, 0.717) is 12.6 Å². The van der Waals surface area contributed by atoms with Gasteiger partial charge < -0.3 is 15.7 Å². The van der Waals surface area contributed by atoms with Crippen LogP contribution in [0.15, 0.2) is 24.4 Å². The lowest BCUT2D eigenvalue weighted by Gasteiger charge is -2.39. The highest BCUT2D eigenvalue weighted by molar-refractivity contribution is 5.04. The number of nitrogens with two attached hydrogens (primary N) is 1. The van der Waals surface area contributed by atoms with Crippen molar-refractivity contribution in [3.05, 3.63) is 30.1 Å². The van der Waals surface area contributed by atoms with Gasteiger partial charge in [-0.05, 0) is 44.9 Å². The van der Waals surface area contributed by atoms with E-state index < -0.39 is 5.60 Å². The summed E-state index contributed by atoms with van der Waals surface area (Å²) in [6.07, 6.45) is 6.54. The maximum atomic E-state index is 10.1. The Morgan fingerprint density at radius 3 is 2.74 bits per heavy atom. The molecule has 2 rings (SSSR count). The molecule has 1 fully saturated rings. The van der Waals surface area contributed by atoms with E-state index in [4.69, 9.17) is 5.73 Å². The van der Waals surface area contributed by atoms with Crippen LogP contribution in [0.3, 0.4) is 0 Å². The molecule has 1 saturated carbocycles. The molecular weight excluding hydrogens is 238 g/mol. The first-order chi connectivity index (χ1) is 9.13. The molecule has 0 bridgehead atoms. The summed E-state index contributed by atoms with van der Waals surface area (Å²) < 4.78 is 0. The van der Waals surface area contributed by atoms with Gasteiger partial charge in [0.15, 0.2) is 0 Å². The van der Waals surface area contributed by atoms with Crippen molar-refractivity contribution in [2.75, 3.05) is 20.1 Å². The zero-order valence-electron chi connectivity index (χ0n) is 11.8. The first-order valence-corrected chi connectivity index (χ1v) is 7.15. The highest BCUT2D eigenvalue weighted by Crippen LogP contribution is 2.29. The molecule has 0 saturated heterocycles. The SMILES string of the molecule is CN(CCc1ccccn1)C1CCC(O)(CN)CC1. The largest absolute Gasteiger partial charge is 0.389 e. The zero-order chi connectivity index (χ0) is 13.7. The van der Waals surface area contributed by atoms with Gasteiger partial charge in [0.05, 0.1) is 5.60 Å². The number of hydrogen-bond acceptors (Lipinski definition) is 4. The molecule has 1 heterocycles. The molecule has 0 radical (unpaired) electrons. The van der Waals surface area contributed by atoms with Crippen molar-refractivity contribution in [3.63, 3.8) is 0 Å². The Labute approximate surface area is 115 Å². The Morgan fingerprint density at radius 2 is 2.16 bits per heavy atom. The van der Waals surface area contributed by atoms with E-state index in [1.165, 1.54) is 0 Å². The summed E-state index contributed by atoms with van der Waals surface area (Å²) >= 11 is 0. The fourth-order valence-corrected chi connectivity index (χ4v) is 2.80. The molecule has 106 valence electrons. The fraction of sp³-hybridized carbons (Fsp3) is 0.667. The summed E-state index contributed by atoms with van der Waals surface area (Å²) in [5.74, 6) is 0. The van der Waals surface area contributed by atoms with E-state index >= 15 is 0 Å². The predicted molar refractivity (Wildman–Crippen MR) is 76.8 cm³/mol. The monoisotopic (exact) mass is 263 g/mol. The Balaban J connectivity index is 1.77. The normalized spacial score (nSPS) is 27.7. The molecule has 0 amide bonds. The first kappa shape index (κ1) is 14.4. The second kappa shape index (κ2) is 6.46. The van der Waals surface area contributed by atoms with Gasteiger partial charge in [0, 0.05) is 37.4 Å². The van der Waals surface area contributed by atoms with E-state index in [1.807, 2.05) is 18.3 Å². The Hall–Kier alpha value is -0.970. The highest BCUT2D eigenvalue weighted by Gasteiger charge is 2.33. The molecule has 19 heavy (non-hydrogen) atoms. The molecule has 0 spiro atoms. The van der Waals surface area contributed by atoms with Crippen molar-refractivity contribution < 1.29 is 5.11 Å². The van der Waals surface area contributed by atoms with Crippen molar-refractivity contribution >= 4 is 0 Å². The third kappa shape index (κ3) is 4.00. The summed E-state index contributed by atoms with van der Waals surface area (Å²) in [5, 5.41) is 10.1. The summed E-state index contributed by atoms with van der Waals surface area (Å²) in [6, 6.07) is 6.62. The molecule has 3 N–H and O–H groups in total. The Kier molecular flexibility index (Phi) is 4.91. The topological polar surface area (TPSA) is 62.4 Å². The molecule has 0 aromatic carbocycles. The van der Waals surface area contributed by atoms with Gasteiger partial charge in [0.1, 0.15) is 0 Å². The van der Waals surface area contributed by atoms with Crippen LogP contribution in [0.2, 0.25) is 0 Å². The van der Waals surface area contributed by atoms with E-state index in [9.17, 15) is 5.11 Å². The molecule has 4 nitrogen and oxygen atoms in total. The lowest BCUT2D eigenvalue weighted by molar-refractivity contribution is -0.00925. The lowest BCUT2D eigenvalue weighted by Crippen LogP contribution is -2.46. The van der Waals surface area contributed by atoms with Crippen LogP contribution < -0.4 is 5.73 Å². The Morgan fingerprint density at radius 1 is 1.42 bits per heavy atom. The summed E-state index contributed by atoms with van der Waals surface area (Å²) in [7, 11) is 2.17.